The number of nitrogen functional groups attached to an aromatic ring is 1. The summed E-state index contributed by atoms with van der Waals surface area (Å²) in [5.74, 6) is 0.974. The fourth-order valence-electron chi connectivity index (χ4n) is 2.05. The SMILES string of the molecule is COc1ccc2nc(N)n(Cc3ccc(C)nc3)c2n1. The molecule has 0 spiro atoms. The van der Waals surface area contributed by atoms with Gasteiger partial charge in [-0.25, -0.2) is 4.98 Å². The van der Waals surface area contributed by atoms with Gasteiger partial charge in [0.2, 0.25) is 11.8 Å². The quantitative estimate of drug-likeness (QED) is 0.784. The van der Waals surface area contributed by atoms with Gasteiger partial charge in [0.05, 0.1) is 13.7 Å². The Kier molecular flexibility index (Phi) is 2.98. The molecule has 0 aromatic carbocycles. The summed E-state index contributed by atoms with van der Waals surface area (Å²) in [7, 11) is 1.59. The first-order valence-electron chi connectivity index (χ1n) is 6.25. The second kappa shape index (κ2) is 4.80. The van der Waals surface area contributed by atoms with E-state index in [9.17, 15) is 0 Å². The van der Waals surface area contributed by atoms with E-state index in [1.165, 1.54) is 0 Å². The highest BCUT2D eigenvalue weighted by Crippen LogP contribution is 2.20. The van der Waals surface area contributed by atoms with Gasteiger partial charge in [0.1, 0.15) is 5.52 Å². The monoisotopic (exact) mass is 269 g/mol. The molecule has 6 nitrogen and oxygen atoms in total. The first-order valence-corrected chi connectivity index (χ1v) is 6.25. The van der Waals surface area contributed by atoms with Crippen molar-refractivity contribution < 1.29 is 4.74 Å². The number of nitrogens with two attached hydrogens (primary N) is 1. The number of ether oxygens (including phenoxy) is 1. The van der Waals surface area contributed by atoms with E-state index in [0.29, 0.717) is 24.0 Å². The Balaban J connectivity index is 2.05. The highest BCUT2D eigenvalue weighted by molar-refractivity contribution is 5.74. The Hall–Kier alpha value is -2.63. The fourth-order valence-corrected chi connectivity index (χ4v) is 2.05. The Labute approximate surface area is 116 Å². The summed E-state index contributed by atoms with van der Waals surface area (Å²) in [6, 6.07) is 7.61. The molecule has 0 amide bonds. The molecule has 0 atom stereocenters. The molecule has 0 saturated heterocycles. The molecule has 0 unspecified atom stereocenters. The maximum atomic E-state index is 5.97. The van der Waals surface area contributed by atoms with Gasteiger partial charge in [0, 0.05) is 18.0 Å². The Bertz CT molecular complexity index is 748. The maximum Gasteiger partial charge on any atom is 0.215 e. The van der Waals surface area contributed by atoms with Crippen LogP contribution in [0.25, 0.3) is 11.2 Å². The van der Waals surface area contributed by atoms with E-state index in [-0.39, 0.29) is 0 Å². The number of fused-ring (bicyclic) bond motifs is 1. The normalized spacial score (nSPS) is 10.9. The van der Waals surface area contributed by atoms with E-state index in [2.05, 4.69) is 15.0 Å². The molecule has 6 heteroatoms. The van der Waals surface area contributed by atoms with E-state index in [1.807, 2.05) is 35.9 Å². The Morgan fingerprint density at radius 3 is 2.75 bits per heavy atom. The van der Waals surface area contributed by atoms with Gasteiger partial charge in [-0.15, -0.1) is 0 Å². The summed E-state index contributed by atoms with van der Waals surface area (Å²) in [5.41, 5.74) is 9.47. The third-order valence-electron chi connectivity index (χ3n) is 3.12. The van der Waals surface area contributed by atoms with Crippen LogP contribution in [0, 0.1) is 6.92 Å². The van der Waals surface area contributed by atoms with Crippen LogP contribution < -0.4 is 10.5 Å². The number of imidazole rings is 1. The summed E-state index contributed by atoms with van der Waals surface area (Å²) in [5, 5.41) is 0. The van der Waals surface area contributed by atoms with Crippen LogP contribution in [0.3, 0.4) is 0 Å². The molecule has 0 aliphatic rings. The molecule has 3 aromatic rings. The lowest BCUT2D eigenvalue weighted by atomic mass is 10.2. The zero-order valence-corrected chi connectivity index (χ0v) is 11.4. The number of aromatic nitrogens is 4. The fraction of sp³-hybridized carbons (Fsp3) is 0.214. The molecule has 20 heavy (non-hydrogen) atoms. The third kappa shape index (κ3) is 2.16. The molecule has 0 saturated carbocycles. The molecule has 3 aromatic heterocycles. The third-order valence-corrected chi connectivity index (χ3v) is 3.12. The lowest BCUT2D eigenvalue weighted by Gasteiger charge is -2.06. The Morgan fingerprint density at radius 1 is 1.20 bits per heavy atom. The van der Waals surface area contributed by atoms with Gasteiger partial charge < -0.3 is 10.5 Å². The summed E-state index contributed by atoms with van der Waals surface area (Å²) >= 11 is 0. The van der Waals surface area contributed by atoms with Crippen molar-refractivity contribution in [2.45, 2.75) is 13.5 Å². The number of anilines is 1. The minimum absolute atomic E-state index is 0.432. The van der Waals surface area contributed by atoms with Crippen molar-refractivity contribution in [1.82, 2.24) is 19.5 Å². The standard InChI is InChI=1S/C14H15N5O/c1-9-3-4-10(7-16-9)8-19-13-11(17-14(19)15)5-6-12(18-13)20-2/h3-7H,8H2,1-2H3,(H2,15,17). The molecule has 102 valence electrons. The number of aryl methyl sites for hydroxylation is 1. The highest BCUT2D eigenvalue weighted by atomic mass is 16.5. The average molecular weight is 269 g/mol. The zero-order valence-electron chi connectivity index (χ0n) is 11.4. The van der Waals surface area contributed by atoms with Crippen molar-refractivity contribution in [1.29, 1.82) is 0 Å². The molecule has 0 fully saturated rings. The number of methoxy groups -OCH3 is 1. The maximum absolute atomic E-state index is 5.97. The number of rotatable bonds is 3. The van der Waals surface area contributed by atoms with E-state index >= 15 is 0 Å². The van der Waals surface area contributed by atoms with Gasteiger partial charge in [-0.05, 0) is 24.6 Å². The first kappa shape index (κ1) is 12.4. The number of nitrogens with zero attached hydrogens (tertiary/aromatic N) is 4. The van der Waals surface area contributed by atoms with E-state index < -0.39 is 0 Å². The minimum atomic E-state index is 0.432. The molecule has 2 N–H and O–H groups in total. The predicted octanol–water partition coefficient (Wildman–Crippen LogP) is 1.77. The van der Waals surface area contributed by atoms with Crippen molar-refractivity contribution >= 4 is 17.1 Å². The second-order valence-corrected chi connectivity index (χ2v) is 4.56. The molecular weight excluding hydrogens is 254 g/mol. The molecule has 0 aliphatic carbocycles. The van der Waals surface area contributed by atoms with Crippen LogP contribution in [0.15, 0.2) is 30.5 Å². The van der Waals surface area contributed by atoms with E-state index in [0.717, 1.165) is 16.8 Å². The van der Waals surface area contributed by atoms with Gasteiger partial charge in [-0.3, -0.25) is 9.55 Å². The van der Waals surface area contributed by atoms with Gasteiger partial charge in [0.15, 0.2) is 5.65 Å². The van der Waals surface area contributed by atoms with Crippen molar-refractivity contribution in [3.63, 3.8) is 0 Å². The molecule has 3 heterocycles. The molecule has 3 rings (SSSR count). The highest BCUT2D eigenvalue weighted by Gasteiger charge is 2.11. The topological polar surface area (TPSA) is 78.9 Å². The van der Waals surface area contributed by atoms with Crippen LogP contribution >= 0.6 is 0 Å². The van der Waals surface area contributed by atoms with E-state index in [1.54, 1.807) is 13.2 Å². The summed E-state index contributed by atoms with van der Waals surface area (Å²) < 4.78 is 7.00. The lowest BCUT2D eigenvalue weighted by Crippen LogP contribution is -2.06. The summed E-state index contributed by atoms with van der Waals surface area (Å²) in [6.45, 7) is 2.53. The largest absolute Gasteiger partial charge is 0.481 e. The summed E-state index contributed by atoms with van der Waals surface area (Å²) in [6.07, 6.45) is 1.83. The Morgan fingerprint density at radius 2 is 2.05 bits per heavy atom. The van der Waals surface area contributed by atoms with Gasteiger partial charge in [0.25, 0.3) is 0 Å². The van der Waals surface area contributed by atoms with Crippen LogP contribution in [-0.2, 0) is 6.54 Å². The lowest BCUT2D eigenvalue weighted by molar-refractivity contribution is 0.399. The number of pyridine rings is 2. The predicted molar refractivity (Wildman–Crippen MR) is 76.6 cm³/mol. The van der Waals surface area contributed by atoms with Crippen LogP contribution in [-0.4, -0.2) is 26.6 Å². The zero-order chi connectivity index (χ0) is 14.1. The van der Waals surface area contributed by atoms with Crippen molar-refractivity contribution in [2.24, 2.45) is 0 Å². The van der Waals surface area contributed by atoms with Gasteiger partial charge in [-0.1, -0.05) is 6.07 Å². The van der Waals surface area contributed by atoms with Crippen LogP contribution in [0.2, 0.25) is 0 Å². The van der Waals surface area contributed by atoms with Crippen molar-refractivity contribution in [3.05, 3.63) is 41.7 Å². The van der Waals surface area contributed by atoms with Crippen molar-refractivity contribution in [3.8, 4) is 5.88 Å². The van der Waals surface area contributed by atoms with Crippen LogP contribution in [0.5, 0.6) is 5.88 Å². The van der Waals surface area contributed by atoms with Gasteiger partial charge >= 0.3 is 0 Å². The second-order valence-electron chi connectivity index (χ2n) is 4.56. The van der Waals surface area contributed by atoms with Crippen molar-refractivity contribution in [2.75, 3.05) is 12.8 Å². The van der Waals surface area contributed by atoms with E-state index in [4.69, 9.17) is 10.5 Å². The molecule has 0 aliphatic heterocycles. The van der Waals surface area contributed by atoms with Gasteiger partial charge in [-0.2, -0.15) is 4.98 Å². The summed E-state index contributed by atoms with van der Waals surface area (Å²) in [4.78, 5) is 13.0. The first-order chi connectivity index (χ1) is 9.67. The molecular formula is C14H15N5O. The average Bonchev–Trinajstić information content (AvgIpc) is 2.77. The minimum Gasteiger partial charge on any atom is -0.481 e. The number of hydrogen-bond acceptors (Lipinski definition) is 5. The molecule has 0 bridgehead atoms. The van der Waals surface area contributed by atoms with Crippen LogP contribution in [0.1, 0.15) is 11.3 Å². The van der Waals surface area contributed by atoms with Crippen LogP contribution in [0.4, 0.5) is 5.95 Å². The smallest absolute Gasteiger partial charge is 0.215 e. The number of hydrogen-bond donors (Lipinski definition) is 1. The molecule has 0 radical (unpaired) electrons.